The van der Waals surface area contributed by atoms with Crippen LogP contribution in [0.3, 0.4) is 0 Å². The molecule has 0 saturated heterocycles. The van der Waals surface area contributed by atoms with Crippen molar-refractivity contribution in [3.8, 4) is 5.69 Å². The van der Waals surface area contributed by atoms with E-state index in [4.69, 9.17) is 0 Å². The summed E-state index contributed by atoms with van der Waals surface area (Å²) in [6, 6.07) is 10.3. The molecule has 0 spiro atoms. The minimum Gasteiger partial charge on any atom is -0.291 e. The fraction of sp³-hybridized carbons (Fsp3) is 0.111. The zero-order valence-corrected chi connectivity index (χ0v) is 13.2. The zero-order valence-electron chi connectivity index (χ0n) is 13.2. The van der Waals surface area contributed by atoms with Crippen LogP contribution < -0.4 is 0 Å². The molecule has 0 bridgehead atoms. The zero-order chi connectivity index (χ0) is 17.6. The summed E-state index contributed by atoms with van der Waals surface area (Å²) in [7, 11) is 0. The predicted molar refractivity (Wildman–Crippen MR) is 87.1 cm³/mol. The minimum atomic E-state index is -0.474. The quantitative estimate of drug-likeness (QED) is 0.675. The molecule has 0 N–H and O–H groups in total. The number of halogens is 2. The van der Waals surface area contributed by atoms with Crippen LogP contribution in [0.1, 0.15) is 34.5 Å². The van der Waals surface area contributed by atoms with Gasteiger partial charge in [-0.2, -0.15) is 0 Å². The molecular formula is C18H12F2N4O. The number of ketones is 1. The van der Waals surface area contributed by atoms with E-state index in [-0.39, 0.29) is 23.7 Å². The molecule has 124 valence electrons. The number of hydrogen-bond donors (Lipinski definition) is 0. The van der Waals surface area contributed by atoms with Gasteiger partial charge in [0.1, 0.15) is 11.6 Å². The molecule has 0 amide bonds. The van der Waals surface area contributed by atoms with Crippen LogP contribution in [0.2, 0.25) is 0 Å². The average molecular weight is 338 g/mol. The highest BCUT2D eigenvalue weighted by molar-refractivity contribution is 6.15. The first-order valence-electron chi connectivity index (χ1n) is 7.61. The Labute approximate surface area is 141 Å². The number of rotatable bonds is 2. The number of nitrogens with zero attached hydrogens (tertiary/aromatic N) is 4. The van der Waals surface area contributed by atoms with Gasteiger partial charge in [0, 0.05) is 18.1 Å². The molecule has 0 atom stereocenters. The summed E-state index contributed by atoms with van der Waals surface area (Å²) in [4.78, 5) is 20.2. The Hall–Kier alpha value is -3.22. The third-order valence-corrected chi connectivity index (χ3v) is 3.94. The van der Waals surface area contributed by atoms with Crippen molar-refractivity contribution in [2.45, 2.75) is 13.5 Å². The largest absolute Gasteiger partial charge is 0.291 e. The molecule has 5 nitrogen and oxygen atoms in total. The van der Waals surface area contributed by atoms with Crippen molar-refractivity contribution in [3.05, 3.63) is 76.9 Å². The van der Waals surface area contributed by atoms with Crippen molar-refractivity contribution in [3.63, 3.8) is 0 Å². The molecule has 0 fully saturated rings. The van der Waals surface area contributed by atoms with Crippen LogP contribution in [0.5, 0.6) is 0 Å². The van der Waals surface area contributed by atoms with E-state index in [1.165, 1.54) is 35.9 Å². The van der Waals surface area contributed by atoms with Gasteiger partial charge in [-0.15, -0.1) is 5.10 Å². The second-order valence-corrected chi connectivity index (χ2v) is 5.63. The molecule has 0 saturated carbocycles. The molecule has 0 unspecified atom stereocenters. The second kappa shape index (κ2) is 5.70. The van der Waals surface area contributed by atoms with Gasteiger partial charge >= 0.3 is 0 Å². The third kappa shape index (κ3) is 2.53. The molecule has 1 aliphatic heterocycles. The first-order valence-corrected chi connectivity index (χ1v) is 7.61. The van der Waals surface area contributed by atoms with Crippen LogP contribution >= 0.6 is 0 Å². The topological polar surface area (TPSA) is 60.1 Å². The van der Waals surface area contributed by atoms with Gasteiger partial charge in [0.15, 0.2) is 11.6 Å². The Balaban J connectivity index is 1.98. The molecule has 25 heavy (non-hydrogen) atoms. The van der Waals surface area contributed by atoms with Crippen LogP contribution in [0, 0.1) is 11.6 Å². The van der Waals surface area contributed by atoms with Gasteiger partial charge in [-0.25, -0.2) is 18.4 Å². The second-order valence-electron chi connectivity index (χ2n) is 5.63. The molecular weight excluding hydrogens is 326 g/mol. The van der Waals surface area contributed by atoms with Gasteiger partial charge in [-0.3, -0.25) is 9.79 Å². The van der Waals surface area contributed by atoms with Gasteiger partial charge in [-0.1, -0.05) is 12.1 Å². The first kappa shape index (κ1) is 15.3. The Morgan fingerprint density at radius 2 is 1.92 bits per heavy atom. The summed E-state index contributed by atoms with van der Waals surface area (Å²) in [5.41, 5.74) is 1.48. The van der Waals surface area contributed by atoms with Crippen LogP contribution in [0.4, 0.5) is 8.78 Å². The Bertz CT molecular complexity index is 1040. The number of carbonyl (C=O) groups excluding carboxylic acids is 1. The number of Topliss-reactive ketones (excluding diaryl/α,β-unsaturated/α-hetero) is 1. The Morgan fingerprint density at radius 1 is 1.12 bits per heavy atom. The smallest absolute Gasteiger partial charge is 0.217 e. The molecule has 2 aromatic carbocycles. The maximum absolute atomic E-state index is 14.3. The average Bonchev–Trinajstić information content (AvgIpc) is 2.95. The number of carbonyl (C=O) groups is 1. The number of hydrogen-bond acceptors (Lipinski definition) is 4. The summed E-state index contributed by atoms with van der Waals surface area (Å²) in [5, 5.41) is 4.20. The van der Waals surface area contributed by atoms with Crippen LogP contribution in [0.25, 0.3) is 5.69 Å². The number of aromatic nitrogens is 3. The molecule has 2 heterocycles. The van der Waals surface area contributed by atoms with Gasteiger partial charge in [0.05, 0.1) is 17.9 Å². The Kier molecular flexibility index (Phi) is 3.49. The number of benzene rings is 2. The number of fused-ring (bicyclic) bond motifs is 3. The monoisotopic (exact) mass is 338 g/mol. The van der Waals surface area contributed by atoms with Crippen molar-refractivity contribution in [2.75, 3.05) is 0 Å². The van der Waals surface area contributed by atoms with Crippen molar-refractivity contribution in [1.29, 1.82) is 0 Å². The molecule has 1 aromatic heterocycles. The maximum Gasteiger partial charge on any atom is 0.217 e. The summed E-state index contributed by atoms with van der Waals surface area (Å²) < 4.78 is 29.6. The summed E-state index contributed by atoms with van der Waals surface area (Å²) in [6.45, 7) is 1.47. The van der Waals surface area contributed by atoms with E-state index >= 15 is 0 Å². The predicted octanol–water partition coefficient (Wildman–Crippen LogP) is 3.10. The van der Waals surface area contributed by atoms with Crippen LogP contribution in [-0.4, -0.2) is 26.3 Å². The molecule has 0 aliphatic carbocycles. The van der Waals surface area contributed by atoms with Crippen LogP contribution in [-0.2, 0) is 6.54 Å². The van der Waals surface area contributed by atoms with E-state index in [9.17, 15) is 13.6 Å². The molecule has 1 aliphatic rings. The van der Waals surface area contributed by atoms with E-state index in [0.29, 0.717) is 22.8 Å². The van der Waals surface area contributed by atoms with Crippen molar-refractivity contribution in [1.82, 2.24) is 14.8 Å². The minimum absolute atomic E-state index is 0.0646. The highest BCUT2D eigenvalue weighted by Crippen LogP contribution is 2.26. The third-order valence-electron chi connectivity index (χ3n) is 3.94. The van der Waals surface area contributed by atoms with Crippen LogP contribution in [0.15, 0.2) is 47.5 Å². The molecule has 7 heteroatoms. The normalized spacial score (nSPS) is 12.8. The SMILES string of the molecule is CC(=O)c1nc2n(n1)-c1ccc(F)cc1C(c1ccccc1F)=NC2. The van der Waals surface area contributed by atoms with Gasteiger partial charge in [0.25, 0.3) is 0 Å². The molecule has 4 rings (SSSR count). The first-order chi connectivity index (χ1) is 12.0. The fourth-order valence-electron chi connectivity index (χ4n) is 2.79. The lowest BCUT2D eigenvalue weighted by Crippen LogP contribution is -2.10. The van der Waals surface area contributed by atoms with E-state index in [1.807, 2.05) is 0 Å². The molecule has 3 aromatic rings. The van der Waals surface area contributed by atoms with Crippen molar-refractivity contribution >= 4 is 11.5 Å². The summed E-state index contributed by atoms with van der Waals surface area (Å²) in [6.07, 6.45) is 0. The summed E-state index contributed by atoms with van der Waals surface area (Å²) >= 11 is 0. The van der Waals surface area contributed by atoms with Gasteiger partial charge in [-0.05, 0) is 30.3 Å². The van der Waals surface area contributed by atoms with E-state index < -0.39 is 11.6 Å². The molecule has 0 radical (unpaired) electrons. The lowest BCUT2D eigenvalue weighted by molar-refractivity contribution is 0.100. The van der Waals surface area contributed by atoms with E-state index in [1.54, 1.807) is 18.2 Å². The van der Waals surface area contributed by atoms with Gasteiger partial charge in [0.2, 0.25) is 5.82 Å². The highest BCUT2D eigenvalue weighted by Gasteiger charge is 2.24. The number of aliphatic imine (C=N–C) groups is 1. The maximum atomic E-state index is 14.3. The summed E-state index contributed by atoms with van der Waals surface area (Å²) in [5.74, 6) is -0.701. The highest BCUT2D eigenvalue weighted by atomic mass is 19.1. The fourth-order valence-corrected chi connectivity index (χ4v) is 2.79. The van der Waals surface area contributed by atoms with Crippen molar-refractivity contribution < 1.29 is 13.6 Å². The standard InChI is InChI=1S/C18H12F2N4O/c1-10(25)18-22-16-9-21-17(12-4-2-3-5-14(12)20)13-8-11(19)6-7-15(13)24(16)23-18/h2-8H,9H2,1H3. The Morgan fingerprint density at radius 3 is 2.68 bits per heavy atom. The van der Waals surface area contributed by atoms with E-state index in [0.717, 1.165) is 0 Å². The lowest BCUT2D eigenvalue weighted by atomic mass is 10.00. The van der Waals surface area contributed by atoms with Gasteiger partial charge < -0.3 is 0 Å². The lowest BCUT2D eigenvalue weighted by Gasteiger charge is -2.11. The van der Waals surface area contributed by atoms with Crippen molar-refractivity contribution in [2.24, 2.45) is 4.99 Å². The van der Waals surface area contributed by atoms with E-state index in [2.05, 4.69) is 15.1 Å².